The fraction of sp³-hybridized carbons (Fsp3) is 0.333. The number of anilines is 1. The lowest BCUT2D eigenvalue weighted by Crippen LogP contribution is -2.39. The summed E-state index contributed by atoms with van der Waals surface area (Å²) in [6.07, 6.45) is 1.04. The third kappa shape index (κ3) is 3.97. The molecule has 0 bridgehead atoms. The second-order valence-corrected chi connectivity index (χ2v) is 7.35. The van der Waals surface area contributed by atoms with Gasteiger partial charge < -0.3 is 10.2 Å². The molecule has 4 nitrogen and oxygen atoms in total. The second kappa shape index (κ2) is 7.36. The Bertz CT molecular complexity index is 732. The van der Waals surface area contributed by atoms with Crippen molar-refractivity contribution in [2.45, 2.75) is 25.8 Å². The van der Waals surface area contributed by atoms with Crippen LogP contribution < -0.4 is 10.2 Å². The number of carbonyl (C=O) groups excluding carboxylic acids is 2. The molecule has 1 aliphatic heterocycles. The van der Waals surface area contributed by atoms with E-state index in [1.807, 2.05) is 18.4 Å². The van der Waals surface area contributed by atoms with Crippen LogP contribution in [0.5, 0.6) is 0 Å². The van der Waals surface area contributed by atoms with E-state index in [0.717, 1.165) is 12.1 Å². The summed E-state index contributed by atoms with van der Waals surface area (Å²) in [5, 5.41) is 7.72. The molecule has 0 radical (unpaired) electrons. The van der Waals surface area contributed by atoms with Crippen LogP contribution in [0.15, 0.2) is 41.1 Å². The topological polar surface area (TPSA) is 49.4 Å². The van der Waals surface area contributed by atoms with Crippen molar-refractivity contribution in [3.63, 3.8) is 0 Å². The van der Waals surface area contributed by atoms with Gasteiger partial charge in [0.05, 0.1) is 5.92 Å². The lowest BCUT2D eigenvalue weighted by molar-refractivity contribution is -0.126. The van der Waals surface area contributed by atoms with Crippen LogP contribution in [-0.4, -0.2) is 24.4 Å². The molecule has 24 heavy (non-hydrogen) atoms. The molecule has 0 saturated carbocycles. The molecule has 2 atom stereocenters. The maximum atomic E-state index is 12.5. The van der Waals surface area contributed by atoms with Gasteiger partial charge in [0.15, 0.2) is 0 Å². The molecule has 2 heterocycles. The number of thiophene rings is 1. The molecule has 0 aliphatic carbocycles. The highest BCUT2D eigenvalue weighted by atomic mass is 35.5. The van der Waals surface area contributed by atoms with E-state index in [2.05, 4.69) is 16.8 Å². The van der Waals surface area contributed by atoms with Crippen LogP contribution in [0, 0.1) is 5.92 Å². The standard InChI is InChI=1S/C18H19ClN2O2S/c1-12(7-13-5-6-24-11-13)20-18(23)14-8-17(22)21(10-14)16-4-2-3-15(19)9-16/h2-6,9,11-12,14H,7-8,10H2,1H3,(H,20,23). The molecular weight excluding hydrogens is 344 g/mol. The van der Waals surface area contributed by atoms with Gasteiger partial charge >= 0.3 is 0 Å². The Morgan fingerprint density at radius 3 is 3.00 bits per heavy atom. The van der Waals surface area contributed by atoms with Crippen molar-refractivity contribution in [3.8, 4) is 0 Å². The molecule has 126 valence electrons. The van der Waals surface area contributed by atoms with Gasteiger partial charge in [-0.1, -0.05) is 17.7 Å². The molecule has 2 amide bonds. The lowest BCUT2D eigenvalue weighted by Gasteiger charge is -2.18. The number of nitrogens with one attached hydrogen (secondary N) is 1. The molecule has 1 aliphatic rings. The van der Waals surface area contributed by atoms with Gasteiger partial charge in [-0.2, -0.15) is 11.3 Å². The highest BCUT2D eigenvalue weighted by molar-refractivity contribution is 7.07. The maximum Gasteiger partial charge on any atom is 0.227 e. The zero-order valence-electron chi connectivity index (χ0n) is 13.4. The number of benzene rings is 1. The van der Waals surface area contributed by atoms with Gasteiger partial charge in [0, 0.05) is 29.7 Å². The number of amides is 2. The Morgan fingerprint density at radius 2 is 2.29 bits per heavy atom. The van der Waals surface area contributed by atoms with E-state index in [1.165, 1.54) is 5.56 Å². The first-order valence-electron chi connectivity index (χ1n) is 7.90. The first-order chi connectivity index (χ1) is 11.5. The summed E-state index contributed by atoms with van der Waals surface area (Å²) in [5.41, 5.74) is 1.96. The summed E-state index contributed by atoms with van der Waals surface area (Å²) in [6, 6.07) is 9.26. The van der Waals surface area contributed by atoms with Crippen molar-refractivity contribution < 1.29 is 9.59 Å². The number of nitrogens with zero attached hydrogens (tertiary/aromatic N) is 1. The third-order valence-electron chi connectivity index (χ3n) is 4.13. The van der Waals surface area contributed by atoms with Gasteiger partial charge in [0.2, 0.25) is 11.8 Å². The van der Waals surface area contributed by atoms with E-state index >= 15 is 0 Å². The molecule has 1 saturated heterocycles. The number of carbonyl (C=O) groups is 2. The van der Waals surface area contributed by atoms with E-state index in [9.17, 15) is 9.59 Å². The van der Waals surface area contributed by atoms with Crippen LogP contribution in [0.3, 0.4) is 0 Å². The molecule has 0 spiro atoms. The van der Waals surface area contributed by atoms with Gasteiger partial charge in [-0.05, 0) is 53.9 Å². The van der Waals surface area contributed by atoms with Crippen LogP contribution in [-0.2, 0) is 16.0 Å². The Labute approximate surface area is 150 Å². The second-order valence-electron chi connectivity index (χ2n) is 6.13. The minimum atomic E-state index is -0.318. The van der Waals surface area contributed by atoms with Crippen LogP contribution in [0.25, 0.3) is 0 Å². The van der Waals surface area contributed by atoms with Crippen molar-refractivity contribution in [3.05, 3.63) is 51.7 Å². The fourth-order valence-corrected chi connectivity index (χ4v) is 3.82. The Morgan fingerprint density at radius 1 is 1.46 bits per heavy atom. The molecule has 2 unspecified atom stereocenters. The highest BCUT2D eigenvalue weighted by Crippen LogP contribution is 2.27. The number of hydrogen-bond donors (Lipinski definition) is 1. The number of halogens is 1. The van der Waals surface area contributed by atoms with Gasteiger partial charge in [-0.25, -0.2) is 0 Å². The van der Waals surface area contributed by atoms with Gasteiger partial charge in [0.1, 0.15) is 0 Å². The van der Waals surface area contributed by atoms with Crippen LogP contribution in [0.2, 0.25) is 5.02 Å². The third-order valence-corrected chi connectivity index (χ3v) is 5.09. The summed E-state index contributed by atoms with van der Waals surface area (Å²) in [4.78, 5) is 26.3. The summed E-state index contributed by atoms with van der Waals surface area (Å²) in [5.74, 6) is -0.417. The van der Waals surface area contributed by atoms with Crippen molar-refractivity contribution in [2.24, 2.45) is 5.92 Å². The van der Waals surface area contributed by atoms with Crippen molar-refractivity contribution in [1.82, 2.24) is 5.32 Å². The molecule has 1 N–H and O–H groups in total. The zero-order valence-corrected chi connectivity index (χ0v) is 14.9. The molecule has 1 aromatic carbocycles. The minimum Gasteiger partial charge on any atom is -0.353 e. The molecule has 1 aromatic heterocycles. The normalized spacial score (nSPS) is 18.7. The zero-order chi connectivity index (χ0) is 17.1. The fourth-order valence-electron chi connectivity index (χ4n) is 2.95. The van der Waals surface area contributed by atoms with Crippen molar-refractivity contribution in [1.29, 1.82) is 0 Å². The SMILES string of the molecule is CC(Cc1ccsc1)NC(=O)C1CC(=O)N(c2cccc(Cl)c2)C1. The smallest absolute Gasteiger partial charge is 0.227 e. The van der Waals surface area contributed by atoms with E-state index in [0.29, 0.717) is 11.6 Å². The van der Waals surface area contributed by atoms with E-state index in [1.54, 1.807) is 34.4 Å². The van der Waals surface area contributed by atoms with Gasteiger partial charge in [-0.3, -0.25) is 9.59 Å². The first kappa shape index (κ1) is 17.0. The van der Waals surface area contributed by atoms with Crippen molar-refractivity contribution in [2.75, 3.05) is 11.4 Å². The first-order valence-corrected chi connectivity index (χ1v) is 9.22. The molecule has 3 rings (SSSR count). The largest absolute Gasteiger partial charge is 0.353 e. The highest BCUT2D eigenvalue weighted by Gasteiger charge is 2.35. The van der Waals surface area contributed by atoms with Gasteiger partial charge in [-0.15, -0.1) is 0 Å². The Balaban J connectivity index is 1.59. The maximum absolute atomic E-state index is 12.5. The van der Waals surface area contributed by atoms with Crippen LogP contribution in [0.4, 0.5) is 5.69 Å². The predicted octanol–water partition coefficient (Wildman–Crippen LogP) is 3.50. The van der Waals surface area contributed by atoms with Gasteiger partial charge in [0.25, 0.3) is 0 Å². The molecular formula is C18H19ClN2O2S. The summed E-state index contributed by atoms with van der Waals surface area (Å²) in [7, 11) is 0. The van der Waals surface area contributed by atoms with E-state index in [-0.39, 0.29) is 30.2 Å². The van der Waals surface area contributed by atoms with E-state index in [4.69, 9.17) is 11.6 Å². The number of rotatable bonds is 5. The Kier molecular flexibility index (Phi) is 5.21. The van der Waals surface area contributed by atoms with Crippen LogP contribution in [0.1, 0.15) is 18.9 Å². The molecule has 2 aromatic rings. The van der Waals surface area contributed by atoms with Crippen LogP contribution >= 0.6 is 22.9 Å². The average Bonchev–Trinajstić information content (AvgIpc) is 3.16. The summed E-state index contributed by atoms with van der Waals surface area (Å²) >= 11 is 7.64. The Hall–Kier alpha value is -1.85. The quantitative estimate of drug-likeness (QED) is 0.884. The predicted molar refractivity (Wildman–Crippen MR) is 97.5 cm³/mol. The molecule has 6 heteroatoms. The lowest BCUT2D eigenvalue weighted by atomic mass is 10.1. The van der Waals surface area contributed by atoms with E-state index < -0.39 is 0 Å². The summed E-state index contributed by atoms with van der Waals surface area (Å²) < 4.78 is 0. The minimum absolute atomic E-state index is 0.0390. The number of hydrogen-bond acceptors (Lipinski definition) is 3. The van der Waals surface area contributed by atoms with Crippen molar-refractivity contribution >= 4 is 40.4 Å². The monoisotopic (exact) mass is 362 g/mol. The average molecular weight is 363 g/mol. The molecule has 1 fully saturated rings. The summed E-state index contributed by atoms with van der Waals surface area (Å²) in [6.45, 7) is 2.39.